The van der Waals surface area contributed by atoms with Crippen molar-refractivity contribution in [1.82, 2.24) is 0 Å². The number of rotatable bonds is 6. The monoisotopic (exact) mass is 321 g/mol. The minimum atomic E-state index is -0.565. The lowest BCUT2D eigenvalue weighted by Crippen LogP contribution is -1.95. The second kappa shape index (κ2) is 7.45. The minimum Gasteiger partial charge on any atom is -0.504 e. The van der Waals surface area contributed by atoms with Gasteiger partial charge in [-0.05, 0) is 35.3 Å². The van der Waals surface area contributed by atoms with Gasteiger partial charge in [0.2, 0.25) is 5.75 Å². The van der Waals surface area contributed by atoms with Gasteiger partial charge in [0.1, 0.15) is 0 Å². The fourth-order valence-electron chi connectivity index (χ4n) is 1.85. The van der Waals surface area contributed by atoms with Crippen LogP contribution in [0.15, 0.2) is 30.2 Å². The number of benzene rings is 2. The number of methoxy groups -OCH3 is 4. The van der Waals surface area contributed by atoms with Crippen LogP contribution in [0.4, 0.5) is 0 Å². The van der Waals surface area contributed by atoms with E-state index in [1.165, 1.54) is 40.6 Å². The summed E-state index contributed by atoms with van der Waals surface area (Å²) in [5, 5.41) is 10.0. The molecule has 0 bridgehead atoms. The Morgan fingerprint density at radius 3 is 1.87 bits per heavy atom. The van der Waals surface area contributed by atoms with Crippen LogP contribution in [0.3, 0.4) is 0 Å². The average Bonchev–Trinajstić information content (AvgIpc) is 2.68. The molecule has 0 aromatic heterocycles. The van der Waals surface area contributed by atoms with Gasteiger partial charge in [0, 0.05) is 0 Å². The maximum atomic E-state index is 10.0. The SMILES string of the molecule is [2H]c1c([2H])c(OC)c(O)c([2H])c1/C=C/c1c([2H])c(OC)c(OC)c(OC)c1[2H]. The zero-order valence-corrected chi connectivity index (χ0v) is 13.2. The first kappa shape index (κ1) is 10.8. The Kier molecular flexibility index (Phi) is 3.51. The van der Waals surface area contributed by atoms with Crippen LogP contribution in [0.25, 0.3) is 12.2 Å². The third-order valence-corrected chi connectivity index (χ3v) is 2.92. The number of phenolic OH excluding ortho intramolecular Hbond substituents is 1. The highest BCUT2D eigenvalue weighted by atomic mass is 16.5. The van der Waals surface area contributed by atoms with E-state index in [2.05, 4.69) is 0 Å². The average molecular weight is 321 g/mol. The van der Waals surface area contributed by atoms with Gasteiger partial charge in [0.15, 0.2) is 23.0 Å². The first-order valence-electron chi connectivity index (χ1n) is 9.08. The molecule has 0 saturated heterocycles. The second-order valence-electron chi connectivity index (χ2n) is 4.27. The van der Waals surface area contributed by atoms with E-state index in [4.69, 9.17) is 25.8 Å². The molecule has 0 aliphatic carbocycles. The van der Waals surface area contributed by atoms with E-state index in [0.717, 1.165) is 0 Å². The molecule has 0 heterocycles. The van der Waals surface area contributed by atoms with Crippen LogP contribution in [-0.4, -0.2) is 33.5 Å². The Morgan fingerprint density at radius 1 is 0.783 bits per heavy atom. The van der Waals surface area contributed by atoms with Crippen LogP contribution in [0.1, 0.15) is 18.0 Å². The van der Waals surface area contributed by atoms with Crippen LogP contribution in [0.5, 0.6) is 28.7 Å². The van der Waals surface area contributed by atoms with E-state index >= 15 is 0 Å². The molecule has 0 spiro atoms. The molecule has 5 nitrogen and oxygen atoms in total. The summed E-state index contributed by atoms with van der Waals surface area (Å²) in [6.07, 6.45) is 2.60. The predicted molar refractivity (Wildman–Crippen MR) is 89.7 cm³/mol. The molecule has 2 aromatic carbocycles. The quantitative estimate of drug-likeness (QED) is 0.824. The normalized spacial score (nSPS) is 13.7. The van der Waals surface area contributed by atoms with Crippen molar-refractivity contribution in [3.8, 4) is 28.7 Å². The largest absolute Gasteiger partial charge is 0.504 e. The molecule has 0 atom stereocenters. The van der Waals surface area contributed by atoms with E-state index in [9.17, 15) is 5.11 Å². The summed E-state index contributed by atoms with van der Waals surface area (Å²) in [5.41, 5.74) is 0.0333. The molecule has 0 radical (unpaired) electrons. The molecule has 0 amide bonds. The van der Waals surface area contributed by atoms with E-state index < -0.39 is 11.8 Å². The van der Waals surface area contributed by atoms with Gasteiger partial charge in [-0.15, -0.1) is 0 Å². The molecular formula is C18H20O5. The molecular weight excluding hydrogens is 296 g/mol. The summed E-state index contributed by atoms with van der Waals surface area (Å²) in [6, 6.07) is -1.41. The zero-order valence-electron chi connectivity index (χ0n) is 18.2. The molecule has 0 unspecified atom stereocenters. The minimum absolute atomic E-state index is 0.0594. The number of ether oxygens (including phenoxy) is 4. The number of hydrogen-bond donors (Lipinski definition) is 1. The van der Waals surface area contributed by atoms with Crippen molar-refractivity contribution in [2.24, 2.45) is 0 Å². The highest BCUT2D eigenvalue weighted by molar-refractivity contribution is 5.73. The summed E-state index contributed by atoms with van der Waals surface area (Å²) >= 11 is 0. The number of hydrogen-bond acceptors (Lipinski definition) is 5. The Labute approximate surface area is 142 Å². The summed E-state index contributed by atoms with van der Waals surface area (Å²) in [6.45, 7) is 0. The van der Waals surface area contributed by atoms with Crippen molar-refractivity contribution >= 4 is 12.2 Å². The van der Waals surface area contributed by atoms with Crippen molar-refractivity contribution in [2.45, 2.75) is 0 Å². The standard InChI is InChI=1S/C18H20O5/c1-20-15-8-7-12(9-14(15)19)5-6-13-10-16(21-2)18(23-4)17(11-13)22-3/h5-11,19H,1-4H3/b6-5+/i7D,8D,9D,10D,11D. The van der Waals surface area contributed by atoms with E-state index in [0.29, 0.717) is 0 Å². The summed E-state index contributed by atoms with van der Waals surface area (Å²) in [7, 11) is 5.30. The van der Waals surface area contributed by atoms with Crippen LogP contribution in [0, 0.1) is 0 Å². The Hall–Kier alpha value is -2.82. The number of aromatic hydroxyl groups is 1. The maximum absolute atomic E-state index is 10.0. The predicted octanol–water partition coefficient (Wildman–Crippen LogP) is 3.60. The summed E-state index contributed by atoms with van der Waals surface area (Å²) < 4.78 is 61.0. The lowest BCUT2D eigenvalue weighted by molar-refractivity contribution is 0.324. The molecule has 1 N–H and O–H groups in total. The van der Waals surface area contributed by atoms with Crippen molar-refractivity contribution < 1.29 is 30.9 Å². The fourth-order valence-corrected chi connectivity index (χ4v) is 1.85. The lowest BCUT2D eigenvalue weighted by atomic mass is 10.1. The lowest BCUT2D eigenvalue weighted by Gasteiger charge is -2.12. The van der Waals surface area contributed by atoms with Crippen LogP contribution < -0.4 is 18.9 Å². The van der Waals surface area contributed by atoms with Gasteiger partial charge in [-0.2, -0.15) is 0 Å². The third kappa shape index (κ3) is 3.69. The van der Waals surface area contributed by atoms with Crippen LogP contribution in [0.2, 0.25) is 0 Å². The van der Waals surface area contributed by atoms with Crippen molar-refractivity contribution in [1.29, 1.82) is 0 Å². The van der Waals surface area contributed by atoms with Gasteiger partial charge in [-0.3, -0.25) is 0 Å². The fraction of sp³-hybridized carbons (Fsp3) is 0.222. The molecule has 23 heavy (non-hydrogen) atoms. The molecule has 2 rings (SSSR count). The van der Waals surface area contributed by atoms with Crippen molar-refractivity contribution in [3.63, 3.8) is 0 Å². The smallest absolute Gasteiger partial charge is 0.203 e. The van der Waals surface area contributed by atoms with Gasteiger partial charge in [-0.1, -0.05) is 18.2 Å². The van der Waals surface area contributed by atoms with Crippen LogP contribution in [-0.2, 0) is 0 Å². The van der Waals surface area contributed by atoms with Gasteiger partial charge < -0.3 is 24.1 Å². The molecule has 0 aliphatic rings. The number of phenols is 1. The second-order valence-corrected chi connectivity index (χ2v) is 4.27. The Balaban J connectivity index is 2.72. The van der Waals surface area contributed by atoms with Gasteiger partial charge >= 0.3 is 0 Å². The van der Waals surface area contributed by atoms with E-state index in [1.807, 2.05) is 0 Å². The van der Waals surface area contributed by atoms with E-state index in [1.54, 1.807) is 0 Å². The molecule has 0 aliphatic heterocycles. The summed E-state index contributed by atoms with van der Waals surface area (Å²) in [5.74, 6) is -0.598. The molecule has 2 aromatic rings. The molecule has 0 saturated carbocycles. The highest BCUT2D eigenvalue weighted by Gasteiger charge is 2.12. The molecule has 122 valence electrons. The highest BCUT2D eigenvalue weighted by Crippen LogP contribution is 2.38. The van der Waals surface area contributed by atoms with Gasteiger partial charge in [0.25, 0.3) is 0 Å². The molecule has 0 fully saturated rings. The zero-order chi connectivity index (χ0) is 21.2. The van der Waals surface area contributed by atoms with Gasteiger partial charge in [-0.25, -0.2) is 0 Å². The van der Waals surface area contributed by atoms with E-state index in [-0.39, 0.29) is 58.3 Å². The molecule has 5 heteroatoms. The third-order valence-electron chi connectivity index (χ3n) is 2.92. The summed E-state index contributed by atoms with van der Waals surface area (Å²) in [4.78, 5) is 0. The Bertz CT molecular complexity index is 883. The van der Waals surface area contributed by atoms with Crippen LogP contribution >= 0.6 is 0 Å². The van der Waals surface area contributed by atoms with Crippen molar-refractivity contribution in [3.05, 3.63) is 41.3 Å². The Morgan fingerprint density at radius 2 is 1.35 bits per heavy atom. The van der Waals surface area contributed by atoms with Crippen molar-refractivity contribution in [2.75, 3.05) is 28.4 Å². The topological polar surface area (TPSA) is 57.2 Å². The van der Waals surface area contributed by atoms with Gasteiger partial charge in [0.05, 0.1) is 35.3 Å². The maximum Gasteiger partial charge on any atom is 0.203 e. The first-order valence-corrected chi connectivity index (χ1v) is 6.58. The first-order chi connectivity index (χ1) is 13.2.